The zero-order chi connectivity index (χ0) is 15.2. The molecule has 0 saturated heterocycles. The van der Waals surface area contributed by atoms with Gasteiger partial charge >= 0.3 is 0 Å². The maximum absolute atomic E-state index is 12.3. The van der Waals surface area contributed by atoms with E-state index in [4.69, 9.17) is 0 Å². The van der Waals surface area contributed by atoms with Crippen molar-refractivity contribution in [2.45, 2.75) is 31.7 Å². The Morgan fingerprint density at radius 1 is 1.43 bits per heavy atom. The van der Waals surface area contributed by atoms with Crippen LogP contribution in [0.15, 0.2) is 41.2 Å². The van der Waals surface area contributed by atoms with Crippen LogP contribution < -0.4 is 0 Å². The molecular formula is C15H16N2O3S. The average Bonchev–Trinajstić information content (AvgIpc) is 3.01. The van der Waals surface area contributed by atoms with E-state index >= 15 is 0 Å². The third kappa shape index (κ3) is 3.72. The van der Waals surface area contributed by atoms with E-state index in [0.29, 0.717) is 12.1 Å². The lowest BCUT2D eigenvalue weighted by molar-refractivity contribution is -0.527. The Bertz CT molecular complexity index is 599. The molecule has 0 aromatic carbocycles. The highest BCUT2D eigenvalue weighted by molar-refractivity contribution is 7.08. The molecule has 6 heteroatoms. The number of pyridine rings is 1. The van der Waals surface area contributed by atoms with Crippen molar-refractivity contribution in [2.24, 2.45) is 0 Å². The normalized spacial score (nSPS) is 13.6. The summed E-state index contributed by atoms with van der Waals surface area (Å²) in [4.78, 5) is 27.3. The predicted octanol–water partition coefficient (Wildman–Crippen LogP) is 3.56. The van der Waals surface area contributed by atoms with Crippen LogP contribution in [0.1, 0.15) is 41.7 Å². The van der Waals surface area contributed by atoms with E-state index in [0.717, 1.165) is 5.56 Å². The minimum Gasteiger partial charge on any atom is -0.292 e. The molecule has 0 N–H and O–H groups in total. The molecule has 110 valence electrons. The molecule has 2 aromatic heterocycles. The van der Waals surface area contributed by atoms with Crippen molar-refractivity contribution in [1.82, 2.24) is 4.98 Å². The van der Waals surface area contributed by atoms with Gasteiger partial charge in [0.15, 0.2) is 5.78 Å². The molecule has 0 spiro atoms. The summed E-state index contributed by atoms with van der Waals surface area (Å²) in [6.45, 7) is 1.78. The Morgan fingerprint density at radius 3 is 2.76 bits per heavy atom. The molecule has 5 nitrogen and oxygen atoms in total. The van der Waals surface area contributed by atoms with Crippen LogP contribution in [-0.4, -0.2) is 21.7 Å². The number of thiophene rings is 1. The summed E-state index contributed by atoms with van der Waals surface area (Å²) in [5.41, 5.74) is 1.21. The van der Waals surface area contributed by atoms with E-state index < -0.39 is 12.0 Å². The quantitative estimate of drug-likeness (QED) is 0.445. The van der Waals surface area contributed by atoms with Gasteiger partial charge in [0.1, 0.15) is 5.69 Å². The van der Waals surface area contributed by atoms with Crippen LogP contribution >= 0.6 is 11.3 Å². The van der Waals surface area contributed by atoms with Crippen molar-refractivity contribution in [1.29, 1.82) is 0 Å². The van der Waals surface area contributed by atoms with Crippen LogP contribution in [0, 0.1) is 10.1 Å². The fourth-order valence-electron chi connectivity index (χ4n) is 2.37. The predicted molar refractivity (Wildman–Crippen MR) is 81.3 cm³/mol. The molecule has 21 heavy (non-hydrogen) atoms. The van der Waals surface area contributed by atoms with Gasteiger partial charge in [-0.25, -0.2) is 0 Å². The maximum atomic E-state index is 12.3. The topological polar surface area (TPSA) is 73.1 Å². The van der Waals surface area contributed by atoms with Gasteiger partial charge in [-0.05, 0) is 34.5 Å². The molecular weight excluding hydrogens is 288 g/mol. The SMILES string of the molecule is CC[C@@H]([C@@H](CC(=O)c1ccccn1)c1ccsc1)[N+](=O)[O-]. The second kappa shape index (κ2) is 7.08. The number of aromatic nitrogens is 1. The fraction of sp³-hybridized carbons (Fsp3) is 0.333. The lowest BCUT2D eigenvalue weighted by Crippen LogP contribution is -2.28. The third-order valence-corrected chi connectivity index (χ3v) is 4.18. The van der Waals surface area contributed by atoms with Crippen LogP contribution in [0.2, 0.25) is 0 Å². The number of carbonyl (C=O) groups is 1. The Labute approximate surface area is 126 Å². The molecule has 0 unspecified atom stereocenters. The van der Waals surface area contributed by atoms with E-state index in [9.17, 15) is 14.9 Å². The van der Waals surface area contributed by atoms with Crippen LogP contribution in [0.25, 0.3) is 0 Å². The first-order valence-electron chi connectivity index (χ1n) is 6.73. The first-order chi connectivity index (χ1) is 10.1. The molecule has 0 bridgehead atoms. The Balaban J connectivity index is 2.24. The van der Waals surface area contributed by atoms with E-state index in [-0.39, 0.29) is 17.1 Å². The first-order valence-corrected chi connectivity index (χ1v) is 7.67. The minimum atomic E-state index is -0.757. The van der Waals surface area contributed by atoms with Gasteiger partial charge in [-0.1, -0.05) is 13.0 Å². The van der Waals surface area contributed by atoms with Gasteiger partial charge in [-0.2, -0.15) is 11.3 Å². The number of ketones is 1. The van der Waals surface area contributed by atoms with Gasteiger partial charge < -0.3 is 0 Å². The summed E-state index contributed by atoms with van der Waals surface area (Å²) < 4.78 is 0. The molecule has 0 aliphatic heterocycles. The van der Waals surface area contributed by atoms with Crippen LogP contribution in [-0.2, 0) is 0 Å². The molecule has 2 atom stereocenters. The highest BCUT2D eigenvalue weighted by atomic mass is 32.1. The van der Waals surface area contributed by atoms with Gasteiger partial charge in [-0.3, -0.25) is 19.9 Å². The number of rotatable bonds is 7. The molecule has 0 amide bonds. The fourth-order valence-corrected chi connectivity index (χ4v) is 3.10. The van der Waals surface area contributed by atoms with Gasteiger partial charge in [0.25, 0.3) is 0 Å². The van der Waals surface area contributed by atoms with Gasteiger partial charge in [-0.15, -0.1) is 0 Å². The lowest BCUT2D eigenvalue weighted by atomic mass is 9.87. The van der Waals surface area contributed by atoms with Crippen LogP contribution in [0.5, 0.6) is 0 Å². The van der Waals surface area contributed by atoms with Crippen molar-refractivity contribution >= 4 is 17.1 Å². The summed E-state index contributed by atoms with van der Waals surface area (Å²) >= 11 is 1.48. The first kappa shape index (κ1) is 15.3. The zero-order valence-corrected chi connectivity index (χ0v) is 12.5. The van der Waals surface area contributed by atoms with Gasteiger partial charge in [0.05, 0.1) is 5.92 Å². The van der Waals surface area contributed by atoms with E-state index in [1.807, 2.05) is 16.8 Å². The number of hydrogen-bond donors (Lipinski definition) is 0. The summed E-state index contributed by atoms with van der Waals surface area (Å²) in [5, 5.41) is 15.0. The van der Waals surface area contributed by atoms with E-state index in [1.54, 1.807) is 31.3 Å². The molecule has 0 saturated carbocycles. The van der Waals surface area contributed by atoms with Crippen molar-refractivity contribution in [3.05, 3.63) is 62.6 Å². The number of nitrogens with zero attached hydrogens (tertiary/aromatic N) is 2. The van der Waals surface area contributed by atoms with E-state index in [2.05, 4.69) is 4.98 Å². The number of carbonyl (C=O) groups excluding carboxylic acids is 1. The van der Waals surface area contributed by atoms with Crippen molar-refractivity contribution in [2.75, 3.05) is 0 Å². The van der Waals surface area contributed by atoms with Crippen molar-refractivity contribution in [3.63, 3.8) is 0 Å². The zero-order valence-electron chi connectivity index (χ0n) is 11.6. The van der Waals surface area contributed by atoms with Gasteiger partial charge in [0, 0.05) is 24.0 Å². The van der Waals surface area contributed by atoms with Crippen molar-refractivity contribution < 1.29 is 9.72 Å². The molecule has 0 radical (unpaired) electrons. The summed E-state index contributed by atoms with van der Waals surface area (Å²) in [6.07, 6.45) is 2.05. The van der Waals surface area contributed by atoms with Crippen LogP contribution in [0.4, 0.5) is 0 Å². The third-order valence-electron chi connectivity index (χ3n) is 3.48. The summed E-state index contributed by atoms with van der Waals surface area (Å²) in [7, 11) is 0. The standard InChI is InChI=1S/C15H16N2O3S/c1-2-14(17(19)20)12(11-6-8-21-10-11)9-15(18)13-5-3-4-7-16-13/h3-8,10,12,14H,2,9H2,1H3/t12-,14-/m0/s1. The minimum absolute atomic E-state index is 0.104. The Hall–Kier alpha value is -2.08. The number of hydrogen-bond acceptors (Lipinski definition) is 5. The summed E-state index contributed by atoms with van der Waals surface area (Å²) in [5.74, 6) is -0.571. The Kier molecular flexibility index (Phi) is 5.16. The highest BCUT2D eigenvalue weighted by Gasteiger charge is 2.33. The molecule has 2 aromatic rings. The average molecular weight is 304 g/mol. The van der Waals surface area contributed by atoms with Crippen molar-refractivity contribution in [3.8, 4) is 0 Å². The molecule has 0 aliphatic carbocycles. The molecule has 0 fully saturated rings. The molecule has 2 rings (SSSR count). The monoisotopic (exact) mass is 304 g/mol. The Morgan fingerprint density at radius 2 is 2.24 bits per heavy atom. The lowest BCUT2D eigenvalue weighted by Gasteiger charge is -2.18. The number of nitro groups is 1. The number of Topliss-reactive ketones (excluding diaryl/α,β-unsaturated/α-hetero) is 1. The smallest absolute Gasteiger partial charge is 0.220 e. The van der Waals surface area contributed by atoms with Gasteiger partial charge in [0.2, 0.25) is 6.04 Å². The largest absolute Gasteiger partial charge is 0.292 e. The van der Waals surface area contributed by atoms with E-state index in [1.165, 1.54) is 11.3 Å². The highest BCUT2D eigenvalue weighted by Crippen LogP contribution is 2.30. The summed E-state index contributed by atoms with van der Waals surface area (Å²) in [6, 6.07) is 6.21. The second-order valence-electron chi connectivity index (χ2n) is 4.77. The maximum Gasteiger partial charge on any atom is 0.220 e. The molecule has 0 aliphatic rings. The molecule has 2 heterocycles. The second-order valence-corrected chi connectivity index (χ2v) is 5.55. The van der Waals surface area contributed by atoms with Crippen LogP contribution in [0.3, 0.4) is 0 Å².